The third kappa shape index (κ3) is 1.82. The summed E-state index contributed by atoms with van der Waals surface area (Å²) in [6, 6.07) is 9.70. The molecule has 0 aliphatic carbocycles. The molecule has 1 atom stereocenters. The number of imidazole rings is 1. The number of rotatable bonds is 3. The molecule has 0 aliphatic rings. The first-order valence-corrected chi connectivity index (χ1v) is 5.00. The van der Waals surface area contributed by atoms with E-state index in [1.807, 2.05) is 37.3 Å². The zero-order valence-corrected chi connectivity index (χ0v) is 8.87. The van der Waals surface area contributed by atoms with Crippen LogP contribution >= 0.6 is 0 Å². The molecule has 0 unspecified atom stereocenters. The largest absolute Gasteiger partial charge is 0.477 e. The van der Waals surface area contributed by atoms with Gasteiger partial charge in [-0.2, -0.15) is 0 Å². The van der Waals surface area contributed by atoms with E-state index in [1.54, 1.807) is 10.9 Å². The van der Waals surface area contributed by atoms with Crippen molar-refractivity contribution in [2.24, 2.45) is 0 Å². The normalized spacial score (nSPS) is 12.3. The summed E-state index contributed by atoms with van der Waals surface area (Å²) in [5.41, 5.74) is 1.26. The maximum absolute atomic E-state index is 11.0. The van der Waals surface area contributed by atoms with E-state index >= 15 is 0 Å². The van der Waals surface area contributed by atoms with Crippen molar-refractivity contribution in [3.63, 3.8) is 0 Å². The van der Waals surface area contributed by atoms with Gasteiger partial charge in [0.2, 0.25) is 0 Å². The fourth-order valence-electron chi connectivity index (χ4n) is 1.67. The maximum atomic E-state index is 11.0. The van der Waals surface area contributed by atoms with Gasteiger partial charge in [0.15, 0.2) is 0 Å². The van der Waals surface area contributed by atoms with Crippen LogP contribution in [-0.2, 0) is 0 Å². The Labute approximate surface area is 93.2 Å². The molecule has 1 aromatic carbocycles. The average Bonchev–Trinajstić information content (AvgIpc) is 2.78. The van der Waals surface area contributed by atoms with E-state index in [1.165, 1.54) is 6.20 Å². The first-order chi connectivity index (χ1) is 7.70. The van der Waals surface area contributed by atoms with Crippen LogP contribution < -0.4 is 0 Å². The van der Waals surface area contributed by atoms with Gasteiger partial charge in [-0.3, -0.25) is 0 Å². The fourth-order valence-corrected chi connectivity index (χ4v) is 1.67. The Morgan fingerprint density at radius 1 is 1.38 bits per heavy atom. The van der Waals surface area contributed by atoms with E-state index in [0.29, 0.717) is 0 Å². The summed E-state index contributed by atoms with van der Waals surface area (Å²) in [5, 5.41) is 8.99. The average molecular weight is 216 g/mol. The van der Waals surface area contributed by atoms with Crippen molar-refractivity contribution in [1.82, 2.24) is 9.55 Å². The number of nitrogens with zero attached hydrogens (tertiary/aromatic N) is 2. The quantitative estimate of drug-likeness (QED) is 0.855. The molecule has 0 bridgehead atoms. The third-order valence-corrected chi connectivity index (χ3v) is 2.58. The summed E-state index contributed by atoms with van der Waals surface area (Å²) in [7, 11) is 0. The zero-order chi connectivity index (χ0) is 11.5. The lowest BCUT2D eigenvalue weighted by Gasteiger charge is -2.15. The van der Waals surface area contributed by atoms with Gasteiger partial charge >= 0.3 is 5.97 Å². The molecule has 1 heterocycles. The number of aromatic nitrogens is 2. The highest BCUT2D eigenvalue weighted by atomic mass is 16.4. The molecule has 0 saturated carbocycles. The number of aromatic carboxylic acids is 1. The summed E-state index contributed by atoms with van der Waals surface area (Å²) in [5.74, 6) is -0.958. The van der Waals surface area contributed by atoms with Crippen LogP contribution in [-0.4, -0.2) is 20.6 Å². The smallest absolute Gasteiger partial charge is 0.354 e. The van der Waals surface area contributed by atoms with Gasteiger partial charge in [-0.15, -0.1) is 0 Å². The summed E-state index contributed by atoms with van der Waals surface area (Å²) < 4.78 is 1.65. The lowest BCUT2D eigenvalue weighted by Crippen LogP contribution is -2.12. The van der Waals surface area contributed by atoms with Gasteiger partial charge < -0.3 is 9.67 Å². The molecular weight excluding hydrogens is 204 g/mol. The minimum atomic E-state index is -0.958. The van der Waals surface area contributed by atoms with Gasteiger partial charge in [0, 0.05) is 0 Å². The van der Waals surface area contributed by atoms with Gasteiger partial charge in [-0.05, 0) is 12.5 Å². The van der Waals surface area contributed by atoms with Gasteiger partial charge in [0.05, 0.1) is 18.6 Å². The highest BCUT2D eigenvalue weighted by Gasteiger charge is 2.15. The highest BCUT2D eigenvalue weighted by Crippen LogP contribution is 2.19. The molecule has 4 heteroatoms. The second-order valence-electron chi connectivity index (χ2n) is 3.58. The molecule has 4 nitrogen and oxygen atoms in total. The molecule has 1 aromatic heterocycles. The Bertz CT molecular complexity index is 491. The maximum Gasteiger partial charge on any atom is 0.354 e. The van der Waals surface area contributed by atoms with Gasteiger partial charge in [-0.1, -0.05) is 30.3 Å². The summed E-state index contributed by atoms with van der Waals surface area (Å²) in [6.07, 6.45) is 2.91. The lowest BCUT2D eigenvalue weighted by atomic mass is 10.1. The molecule has 16 heavy (non-hydrogen) atoms. The molecule has 0 radical (unpaired) electrons. The Balaban J connectivity index is 2.38. The van der Waals surface area contributed by atoms with Crippen LogP contribution in [0.4, 0.5) is 0 Å². The fraction of sp³-hybridized carbons (Fsp3) is 0.167. The topological polar surface area (TPSA) is 55.1 Å². The zero-order valence-electron chi connectivity index (χ0n) is 8.87. The number of carbonyl (C=O) groups is 1. The van der Waals surface area contributed by atoms with E-state index in [-0.39, 0.29) is 11.7 Å². The van der Waals surface area contributed by atoms with Crippen molar-refractivity contribution in [2.75, 3.05) is 0 Å². The van der Waals surface area contributed by atoms with Crippen LogP contribution in [0.25, 0.3) is 0 Å². The predicted octanol–water partition coefficient (Wildman–Crippen LogP) is 2.19. The van der Waals surface area contributed by atoms with Crippen LogP contribution in [0, 0.1) is 0 Å². The van der Waals surface area contributed by atoms with Crippen LogP contribution in [0.2, 0.25) is 0 Å². The molecule has 2 rings (SSSR count). The van der Waals surface area contributed by atoms with Gasteiger partial charge in [0.1, 0.15) is 5.69 Å². The molecular formula is C12H12N2O2. The Morgan fingerprint density at radius 3 is 2.69 bits per heavy atom. The first-order valence-electron chi connectivity index (χ1n) is 5.00. The van der Waals surface area contributed by atoms with E-state index in [2.05, 4.69) is 4.98 Å². The second-order valence-corrected chi connectivity index (χ2v) is 3.58. The van der Waals surface area contributed by atoms with Crippen LogP contribution in [0.3, 0.4) is 0 Å². The summed E-state index contributed by atoms with van der Waals surface area (Å²) >= 11 is 0. The third-order valence-electron chi connectivity index (χ3n) is 2.58. The predicted molar refractivity (Wildman–Crippen MR) is 59.4 cm³/mol. The van der Waals surface area contributed by atoms with Crippen molar-refractivity contribution in [1.29, 1.82) is 0 Å². The van der Waals surface area contributed by atoms with E-state index in [9.17, 15) is 4.79 Å². The Morgan fingerprint density at radius 2 is 2.06 bits per heavy atom. The molecule has 0 amide bonds. The minimum Gasteiger partial charge on any atom is -0.477 e. The first kappa shape index (κ1) is 10.4. The lowest BCUT2D eigenvalue weighted by molar-refractivity contribution is 0.0684. The molecule has 1 N–H and O–H groups in total. The van der Waals surface area contributed by atoms with Crippen molar-refractivity contribution >= 4 is 5.97 Å². The molecule has 0 spiro atoms. The van der Waals surface area contributed by atoms with Crippen molar-refractivity contribution in [2.45, 2.75) is 13.0 Å². The number of hydrogen-bond acceptors (Lipinski definition) is 2. The van der Waals surface area contributed by atoms with Crippen molar-refractivity contribution in [3.8, 4) is 0 Å². The van der Waals surface area contributed by atoms with Crippen molar-refractivity contribution < 1.29 is 9.90 Å². The Kier molecular flexibility index (Phi) is 2.72. The van der Waals surface area contributed by atoms with Crippen LogP contribution in [0.1, 0.15) is 29.0 Å². The highest BCUT2D eigenvalue weighted by molar-refractivity contribution is 5.85. The summed E-state index contributed by atoms with van der Waals surface area (Å²) in [6.45, 7) is 1.95. The van der Waals surface area contributed by atoms with Crippen molar-refractivity contribution in [3.05, 3.63) is 54.1 Å². The molecule has 0 saturated heterocycles. The number of carboxylic acid groups (broad SMARTS) is 1. The van der Waals surface area contributed by atoms with E-state index in [4.69, 9.17) is 5.11 Å². The van der Waals surface area contributed by atoms with Gasteiger partial charge in [-0.25, -0.2) is 9.78 Å². The minimum absolute atomic E-state index is 0.0326. The standard InChI is InChI=1S/C12H12N2O2/c1-9(10-5-3-2-4-6-10)14-8-13-7-11(14)12(15)16/h2-9H,1H3,(H,15,16)/t9-/m1/s1. The number of benzene rings is 1. The molecule has 82 valence electrons. The van der Waals surface area contributed by atoms with E-state index in [0.717, 1.165) is 5.56 Å². The second kappa shape index (κ2) is 4.18. The SMILES string of the molecule is C[C@H](c1ccccc1)n1cncc1C(=O)O. The number of carboxylic acids is 1. The molecule has 0 aliphatic heterocycles. The van der Waals surface area contributed by atoms with Gasteiger partial charge in [0.25, 0.3) is 0 Å². The van der Waals surface area contributed by atoms with Crippen LogP contribution in [0.15, 0.2) is 42.9 Å². The summed E-state index contributed by atoms with van der Waals surface area (Å²) in [4.78, 5) is 14.8. The van der Waals surface area contributed by atoms with E-state index < -0.39 is 5.97 Å². The Hall–Kier alpha value is -2.10. The van der Waals surface area contributed by atoms with Crippen LogP contribution in [0.5, 0.6) is 0 Å². The molecule has 2 aromatic rings. The monoisotopic (exact) mass is 216 g/mol. The number of hydrogen-bond donors (Lipinski definition) is 1. The molecule has 0 fully saturated rings.